The molecule has 1 atom stereocenters. The van der Waals surface area contributed by atoms with Crippen molar-refractivity contribution in [1.29, 1.82) is 0 Å². The van der Waals surface area contributed by atoms with Gasteiger partial charge in [-0.3, -0.25) is 20.4 Å². The van der Waals surface area contributed by atoms with Gasteiger partial charge in [0.15, 0.2) is 0 Å². The summed E-state index contributed by atoms with van der Waals surface area (Å²) >= 11 is 6.78. The van der Waals surface area contributed by atoms with Crippen LogP contribution in [0.1, 0.15) is 12.8 Å². The van der Waals surface area contributed by atoms with Gasteiger partial charge < -0.3 is 0 Å². The van der Waals surface area contributed by atoms with Crippen LogP contribution in [0.4, 0.5) is 0 Å². The van der Waals surface area contributed by atoms with Crippen molar-refractivity contribution in [3.05, 3.63) is 9.47 Å². The lowest BCUT2D eigenvalue weighted by Crippen LogP contribution is -2.41. The van der Waals surface area contributed by atoms with Crippen LogP contribution in [0.3, 0.4) is 0 Å². The molecule has 2 fully saturated rings. The average Bonchev–Trinajstić information content (AvgIpc) is 2.68. The molecular weight excluding hydrogens is 348 g/mol. The Hall–Kier alpha value is 0.540. The van der Waals surface area contributed by atoms with E-state index in [2.05, 4.69) is 52.3 Å². The highest BCUT2D eigenvalue weighted by Gasteiger charge is 2.28. The first kappa shape index (κ1) is 14.0. The molecule has 0 bridgehead atoms. The topological polar surface area (TPSA) is 30.5 Å². The molecule has 2 heterocycles. The zero-order chi connectivity index (χ0) is 12.1. The molecular formula is C11H20Br2N4. The lowest BCUT2D eigenvalue weighted by molar-refractivity contribution is 0.212. The van der Waals surface area contributed by atoms with Crippen LogP contribution in [0.25, 0.3) is 0 Å². The maximum atomic E-state index is 3.50. The fourth-order valence-corrected chi connectivity index (χ4v) is 2.88. The van der Waals surface area contributed by atoms with Crippen molar-refractivity contribution in [2.75, 3.05) is 39.6 Å². The Kier molecular flexibility index (Phi) is 5.92. The predicted octanol–water partition coefficient (Wildman–Crippen LogP) is 1.45. The third kappa shape index (κ3) is 4.29. The molecule has 0 aromatic carbocycles. The van der Waals surface area contributed by atoms with E-state index in [1.807, 2.05) is 4.99 Å². The van der Waals surface area contributed by atoms with Gasteiger partial charge in [-0.2, -0.15) is 0 Å². The number of hydrogen-bond donors (Lipinski definition) is 2. The maximum Gasteiger partial charge on any atom is 0.0503 e. The Morgan fingerprint density at radius 1 is 1.47 bits per heavy atom. The van der Waals surface area contributed by atoms with Crippen molar-refractivity contribution in [1.82, 2.24) is 20.4 Å². The van der Waals surface area contributed by atoms with Crippen molar-refractivity contribution in [3.63, 3.8) is 0 Å². The number of nitrogens with zero attached hydrogens (tertiary/aromatic N) is 2. The zero-order valence-electron chi connectivity index (χ0n) is 9.96. The molecule has 0 radical (unpaired) electrons. The van der Waals surface area contributed by atoms with Gasteiger partial charge in [0.1, 0.15) is 0 Å². The lowest BCUT2D eigenvalue weighted by atomic mass is 10.2. The molecule has 6 heteroatoms. The Bertz CT molecular complexity index is 272. The van der Waals surface area contributed by atoms with E-state index in [-0.39, 0.29) is 0 Å². The second-order valence-corrected chi connectivity index (χ2v) is 6.15. The molecule has 0 spiro atoms. The minimum atomic E-state index is 0.752. The van der Waals surface area contributed by atoms with Crippen LogP contribution in [0.2, 0.25) is 0 Å². The van der Waals surface area contributed by atoms with Crippen LogP contribution < -0.4 is 10.6 Å². The molecule has 0 aromatic rings. The van der Waals surface area contributed by atoms with Crippen molar-refractivity contribution < 1.29 is 0 Å². The van der Waals surface area contributed by atoms with Gasteiger partial charge in [-0.1, -0.05) is 31.9 Å². The first-order chi connectivity index (χ1) is 8.29. The first-order valence-corrected chi connectivity index (χ1v) is 7.83. The van der Waals surface area contributed by atoms with Crippen molar-refractivity contribution in [2.24, 2.45) is 0 Å². The quantitative estimate of drug-likeness (QED) is 0.787. The van der Waals surface area contributed by atoms with Crippen LogP contribution in [0.5, 0.6) is 0 Å². The van der Waals surface area contributed by atoms with Gasteiger partial charge in [0, 0.05) is 37.0 Å². The Labute approximate surface area is 120 Å². The Morgan fingerprint density at radius 3 is 3.18 bits per heavy atom. The van der Waals surface area contributed by atoms with Crippen molar-refractivity contribution in [2.45, 2.75) is 18.9 Å². The van der Waals surface area contributed by atoms with Crippen LogP contribution in [0, 0.1) is 0 Å². The highest BCUT2D eigenvalue weighted by atomic mass is 79.9. The second kappa shape index (κ2) is 7.21. The molecule has 2 N–H and O–H groups in total. The third-order valence-electron chi connectivity index (χ3n) is 3.37. The van der Waals surface area contributed by atoms with Gasteiger partial charge in [-0.05, 0) is 24.4 Å². The van der Waals surface area contributed by atoms with E-state index >= 15 is 0 Å². The van der Waals surface area contributed by atoms with Gasteiger partial charge in [0.05, 0.1) is 6.67 Å². The monoisotopic (exact) mass is 366 g/mol. The van der Waals surface area contributed by atoms with E-state index in [0.29, 0.717) is 0 Å². The number of halogens is 2. The third-order valence-corrected chi connectivity index (χ3v) is 5.04. The lowest BCUT2D eigenvalue weighted by Gasteiger charge is -2.24. The van der Waals surface area contributed by atoms with Crippen molar-refractivity contribution in [3.8, 4) is 0 Å². The van der Waals surface area contributed by atoms with E-state index in [1.54, 1.807) is 0 Å². The molecule has 2 aliphatic rings. The van der Waals surface area contributed by atoms with E-state index in [9.17, 15) is 0 Å². The van der Waals surface area contributed by atoms with E-state index in [0.717, 1.165) is 37.1 Å². The first-order valence-electron chi connectivity index (χ1n) is 6.12. The van der Waals surface area contributed by atoms with E-state index in [1.165, 1.54) is 25.9 Å². The molecule has 2 saturated heterocycles. The van der Waals surface area contributed by atoms with Crippen LogP contribution in [-0.2, 0) is 0 Å². The molecule has 2 rings (SSSR count). The SMILES string of the molecule is Br/C=C(\Br)CNCN1CNCN2CCCC2C1. The fourth-order valence-electron chi connectivity index (χ4n) is 2.52. The number of hydrogen-bond acceptors (Lipinski definition) is 4. The molecule has 0 aromatic heterocycles. The van der Waals surface area contributed by atoms with Gasteiger partial charge in [0.2, 0.25) is 0 Å². The number of rotatable bonds is 4. The molecule has 4 nitrogen and oxygen atoms in total. The summed E-state index contributed by atoms with van der Waals surface area (Å²) in [7, 11) is 0. The average molecular weight is 368 g/mol. The summed E-state index contributed by atoms with van der Waals surface area (Å²) in [5.74, 6) is 0. The smallest absolute Gasteiger partial charge is 0.0503 e. The van der Waals surface area contributed by atoms with Gasteiger partial charge in [-0.25, -0.2) is 0 Å². The molecule has 0 aliphatic carbocycles. The minimum absolute atomic E-state index is 0.752. The number of fused-ring (bicyclic) bond motifs is 1. The molecule has 17 heavy (non-hydrogen) atoms. The fraction of sp³-hybridized carbons (Fsp3) is 0.818. The molecule has 0 amide bonds. The molecule has 98 valence electrons. The molecule has 0 saturated carbocycles. The standard InChI is InChI=1S/C11H20Br2N4/c12-4-10(13)5-14-7-16-6-11-2-1-3-17(11)9-15-8-16/h4,11,14-15H,1-3,5-9H2/b10-4-. The Balaban J connectivity index is 1.73. The highest BCUT2D eigenvalue weighted by Crippen LogP contribution is 2.18. The predicted molar refractivity (Wildman–Crippen MR) is 78.1 cm³/mol. The summed E-state index contributed by atoms with van der Waals surface area (Å²) in [4.78, 5) is 6.91. The number of nitrogens with one attached hydrogen (secondary N) is 2. The van der Waals surface area contributed by atoms with Gasteiger partial charge in [-0.15, -0.1) is 0 Å². The molecule has 1 unspecified atom stereocenters. The normalized spacial score (nSPS) is 28.1. The van der Waals surface area contributed by atoms with Crippen LogP contribution >= 0.6 is 31.9 Å². The largest absolute Gasteiger partial charge is 0.300 e. The van der Waals surface area contributed by atoms with E-state index in [4.69, 9.17) is 0 Å². The van der Waals surface area contributed by atoms with Crippen LogP contribution in [0.15, 0.2) is 9.47 Å². The van der Waals surface area contributed by atoms with Gasteiger partial charge in [0.25, 0.3) is 0 Å². The summed E-state index contributed by atoms with van der Waals surface area (Å²) in [6.45, 7) is 6.28. The summed E-state index contributed by atoms with van der Waals surface area (Å²) in [6, 6.07) is 0.752. The Morgan fingerprint density at radius 2 is 2.35 bits per heavy atom. The summed E-state index contributed by atoms with van der Waals surface area (Å²) < 4.78 is 1.14. The summed E-state index contributed by atoms with van der Waals surface area (Å²) in [5, 5.41) is 6.93. The van der Waals surface area contributed by atoms with Gasteiger partial charge >= 0.3 is 0 Å². The van der Waals surface area contributed by atoms with E-state index < -0.39 is 0 Å². The highest BCUT2D eigenvalue weighted by molar-refractivity contribution is 9.14. The second-order valence-electron chi connectivity index (χ2n) is 4.67. The summed E-state index contributed by atoms with van der Waals surface area (Å²) in [6.07, 6.45) is 2.70. The maximum absolute atomic E-state index is 3.50. The van der Waals surface area contributed by atoms with Crippen LogP contribution in [-0.4, -0.2) is 55.5 Å². The minimum Gasteiger partial charge on any atom is -0.300 e. The zero-order valence-corrected chi connectivity index (χ0v) is 13.1. The molecule has 2 aliphatic heterocycles. The summed E-state index contributed by atoms with van der Waals surface area (Å²) in [5.41, 5.74) is 0. The van der Waals surface area contributed by atoms with Crippen molar-refractivity contribution >= 4 is 31.9 Å².